The van der Waals surface area contributed by atoms with E-state index in [2.05, 4.69) is 56.6 Å². The lowest BCUT2D eigenvalue weighted by Gasteiger charge is -2.32. The average Bonchev–Trinajstić information content (AvgIpc) is 3.32. The van der Waals surface area contributed by atoms with E-state index in [1.165, 1.54) is 11.2 Å². The Hall–Kier alpha value is -2.32. The Bertz CT molecular complexity index is 920. The number of nitrogens with zero attached hydrogens (tertiary/aromatic N) is 5. The van der Waals surface area contributed by atoms with Crippen molar-refractivity contribution in [2.24, 2.45) is 0 Å². The van der Waals surface area contributed by atoms with Gasteiger partial charge in [0, 0.05) is 24.0 Å². The van der Waals surface area contributed by atoms with Crippen LogP contribution in [0.25, 0.3) is 5.78 Å². The van der Waals surface area contributed by atoms with Crippen LogP contribution in [0.1, 0.15) is 53.7 Å². The van der Waals surface area contributed by atoms with Crippen molar-refractivity contribution in [2.75, 3.05) is 13.1 Å². The number of amides is 1. The average molecular weight is 385 g/mol. The standard InChI is InChI=1S/C19H24N6OS/c1-13(2)17-9-16(23-19-20-12-21-25(17)19)18(26)22-14-5-3-7-24(10-14)11-15-6-4-8-27-15/h4,6,8-9,12-14H,3,5,7,10-11H2,1-2H3,(H,22,26)/t14-/m0/s1. The predicted molar refractivity (Wildman–Crippen MR) is 105 cm³/mol. The molecular weight excluding hydrogens is 360 g/mol. The molecule has 1 atom stereocenters. The lowest BCUT2D eigenvalue weighted by Crippen LogP contribution is -2.47. The van der Waals surface area contributed by atoms with Crippen LogP contribution in [-0.2, 0) is 6.54 Å². The van der Waals surface area contributed by atoms with E-state index in [0.29, 0.717) is 11.5 Å². The Kier molecular flexibility index (Phi) is 5.18. The highest BCUT2D eigenvalue weighted by Crippen LogP contribution is 2.18. The molecule has 3 aromatic heterocycles. The number of fused-ring (bicyclic) bond motifs is 1. The van der Waals surface area contributed by atoms with E-state index in [-0.39, 0.29) is 17.9 Å². The number of likely N-dealkylation sites (tertiary alicyclic amines) is 1. The molecule has 1 amide bonds. The summed E-state index contributed by atoms with van der Waals surface area (Å²) in [6.45, 7) is 7.04. The summed E-state index contributed by atoms with van der Waals surface area (Å²) in [7, 11) is 0. The van der Waals surface area contributed by atoms with Crippen molar-refractivity contribution < 1.29 is 4.79 Å². The van der Waals surface area contributed by atoms with Crippen LogP contribution in [0.3, 0.4) is 0 Å². The number of hydrogen-bond donors (Lipinski definition) is 1. The summed E-state index contributed by atoms with van der Waals surface area (Å²) in [6, 6.07) is 6.22. The predicted octanol–water partition coefficient (Wildman–Crippen LogP) is 2.70. The minimum atomic E-state index is -0.134. The molecule has 0 aliphatic carbocycles. The monoisotopic (exact) mass is 384 g/mol. The van der Waals surface area contributed by atoms with Crippen molar-refractivity contribution in [3.8, 4) is 0 Å². The number of rotatable bonds is 5. The van der Waals surface area contributed by atoms with Gasteiger partial charge < -0.3 is 5.32 Å². The molecule has 1 aliphatic heterocycles. The molecule has 7 nitrogen and oxygen atoms in total. The molecule has 0 spiro atoms. The Balaban J connectivity index is 1.46. The maximum Gasteiger partial charge on any atom is 0.270 e. The molecule has 1 saturated heterocycles. The van der Waals surface area contributed by atoms with Gasteiger partial charge in [0.25, 0.3) is 11.7 Å². The van der Waals surface area contributed by atoms with Crippen LogP contribution in [0, 0.1) is 0 Å². The maximum atomic E-state index is 12.8. The van der Waals surface area contributed by atoms with Crippen molar-refractivity contribution >= 4 is 23.0 Å². The first kappa shape index (κ1) is 18.1. The summed E-state index contributed by atoms with van der Waals surface area (Å²) in [4.78, 5) is 25.2. The molecule has 0 bridgehead atoms. The first-order valence-corrected chi connectivity index (χ1v) is 10.2. The third-order valence-corrected chi connectivity index (χ3v) is 5.76. The number of piperidine rings is 1. The number of carbonyl (C=O) groups is 1. The van der Waals surface area contributed by atoms with E-state index in [4.69, 9.17) is 0 Å². The zero-order valence-corrected chi connectivity index (χ0v) is 16.4. The Morgan fingerprint density at radius 3 is 3.11 bits per heavy atom. The number of hydrogen-bond acceptors (Lipinski definition) is 6. The molecule has 27 heavy (non-hydrogen) atoms. The quantitative estimate of drug-likeness (QED) is 0.732. The van der Waals surface area contributed by atoms with Gasteiger partial charge in [-0.05, 0) is 42.8 Å². The maximum absolute atomic E-state index is 12.8. The van der Waals surface area contributed by atoms with E-state index in [1.54, 1.807) is 15.9 Å². The minimum absolute atomic E-state index is 0.134. The van der Waals surface area contributed by atoms with Crippen LogP contribution in [-0.4, -0.2) is 49.5 Å². The van der Waals surface area contributed by atoms with Crippen molar-refractivity contribution in [1.82, 2.24) is 29.8 Å². The number of nitrogens with one attached hydrogen (secondary N) is 1. The summed E-state index contributed by atoms with van der Waals surface area (Å²) < 4.78 is 1.70. The lowest BCUT2D eigenvalue weighted by molar-refractivity contribution is 0.0896. The van der Waals surface area contributed by atoms with Crippen LogP contribution in [0.4, 0.5) is 0 Å². The summed E-state index contributed by atoms with van der Waals surface area (Å²) in [5.74, 6) is 0.555. The van der Waals surface area contributed by atoms with Gasteiger partial charge in [-0.15, -0.1) is 11.3 Å². The molecule has 1 aliphatic rings. The molecule has 0 aromatic carbocycles. The fraction of sp³-hybridized carbons (Fsp3) is 0.474. The zero-order chi connectivity index (χ0) is 18.8. The van der Waals surface area contributed by atoms with Crippen LogP contribution >= 0.6 is 11.3 Å². The van der Waals surface area contributed by atoms with E-state index in [9.17, 15) is 4.79 Å². The first-order valence-electron chi connectivity index (χ1n) is 9.36. The van der Waals surface area contributed by atoms with Gasteiger partial charge in [-0.25, -0.2) is 9.50 Å². The lowest BCUT2D eigenvalue weighted by atomic mass is 10.0. The van der Waals surface area contributed by atoms with Crippen molar-refractivity contribution in [2.45, 2.75) is 45.2 Å². The van der Waals surface area contributed by atoms with E-state index in [0.717, 1.165) is 38.2 Å². The number of carbonyl (C=O) groups excluding carboxylic acids is 1. The van der Waals surface area contributed by atoms with Crippen molar-refractivity contribution in [1.29, 1.82) is 0 Å². The molecule has 1 N–H and O–H groups in total. The van der Waals surface area contributed by atoms with Gasteiger partial charge in [-0.2, -0.15) is 10.1 Å². The van der Waals surface area contributed by atoms with Gasteiger partial charge in [0.05, 0.1) is 5.69 Å². The second-order valence-corrected chi connectivity index (χ2v) is 8.35. The van der Waals surface area contributed by atoms with Crippen LogP contribution in [0.15, 0.2) is 29.9 Å². The van der Waals surface area contributed by atoms with Gasteiger partial charge in [-0.3, -0.25) is 9.69 Å². The zero-order valence-electron chi connectivity index (χ0n) is 15.6. The van der Waals surface area contributed by atoms with E-state index < -0.39 is 0 Å². The molecular formula is C19H24N6OS. The van der Waals surface area contributed by atoms with E-state index in [1.807, 2.05) is 6.07 Å². The summed E-state index contributed by atoms with van der Waals surface area (Å²) >= 11 is 1.78. The molecule has 0 saturated carbocycles. The Labute approximate surface area is 162 Å². The van der Waals surface area contributed by atoms with Gasteiger partial charge in [-0.1, -0.05) is 19.9 Å². The van der Waals surface area contributed by atoms with Gasteiger partial charge in [0.1, 0.15) is 12.0 Å². The molecule has 8 heteroatoms. The highest BCUT2D eigenvalue weighted by molar-refractivity contribution is 7.09. The van der Waals surface area contributed by atoms with Crippen LogP contribution in [0.5, 0.6) is 0 Å². The fourth-order valence-corrected chi connectivity index (χ4v) is 4.31. The van der Waals surface area contributed by atoms with Gasteiger partial charge in [0.15, 0.2) is 0 Å². The summed E-state index contributed by atoms with van der Waals surface area (Å²) in [5, 5.41) is 9.49. The first-order chi connectivity index (χ1) is 13.1. The second-order valence-electron chi connectivity index (χ2n) is 7.32. The Morgan fingerprint density at radius 2 is 2.33 bits per heavy atom. The highest BCUT2D eigenvalue weighted by Gasteiger charge is 2.23. The van der Waals surface area contributed by atoms with Crippen LogP contribution in [0.2, 0.25) is 0 Å². The normalized spacial score (nSPS) is 18.3. The van der Waals surface area contributed by atoms with Crippen molar-refractivity contribution in [3.05, 3.63) is 46.2 Å². The molecule has 4 rings (SSSR count). The molecule has 4 heterocycles. The topological polar surface area (TPSA) is 75.4 Å². The minimum Gasteiger partial charge on any atom is -0.347 e. The SMILES string of the molecule is CC(C)c1cc(C(=O)N[C@H]2CCCN(Cc3cccs3)C2)nc2ncnn12. The van der Waals surface area contributed by atoms with Gasteiger partial charge in [0.2, 0.25) is 0 Å². The third-order valence-electron chi connectivity index (χ3n) is 4.90. The smallest absolute Gasteiger partial charge is 0.270 e. The fourth-order valence-electron chi connectivity index (χ4n) is 3.56. The molecule has 3 aromatic rings. The largest absolute Gasteiger partial charge is 0.347 e. The molecule has 0 unspecified atom stereocenters. The summed E-state index contributed by atoms with van der Waals surface area (Å²) in [5.41, 5.74) is 1.35. The van der Waals surface area contributed by atoms with Crippen molar-refractivity contribution in [3.63, 3.8) is 0 Å². The molecule has 142 valence electrons. The molecule has 1 fully saturated rings. The van der Waals surface area contributed by atoms with E-state index >= 15 is 0 Å². The Morgan fingerprint density at radius 1 is 1.44 bits per heavy atom. The van der Waals surface area contributed by atoms with Crippen LogP contribution < -0.4 is 5.32 Å². The summed E-state index contributed by atoms with van der Waals surface area (Å²) in [6.07, 6.45) is 3.56. The second kappa shape index (κ2) is 7.74. The highest BCUT2D eigenvalue weighted by atomic mass is 32.1. The number of aromatic nitrogens is 4. The van der Waals surface area contributed by atoms with Gasteiger partial charge >= 0.3 is 0 Å². The number of thiophene rings is 1. The third kappa shape index (κ3) is 4.01. The molecule has 0 radical (unpaired) electrons.